The van der Waals surface area contributed by atoms with Gasteiger partial charge < -0.3 is 25.0 Å². The van der Waals surface area contributed by atoms with E-state index in [-0.39, 0.29) is 47.2 Å². The summed E-state index contributed by atoms with van der Waals surface area (Å²) >= 11 is 0. The quantitative estimate of drug-likeness (QED) is 0.768. The predicted molar refractivity (Wildman–Crippen MR) is 102 cm³/mol. The largest absolute Gasteiger partial charge is 0.477 e. The van der Waals surface area contributed by atoms with Crippen molar-refractivity contribution >= 4 is 22.6 Å². The fourth-order valence-electron chi connectivity index (χ4n) is 4.85. The minimum absolute atomic E-state index is 0.000505. The lowest BCUT2D eigenvalue weighted by Gasteiger charge is -2.38. The van der Waals surface area contributed by atoms with Gasteiger partial charge in [-0.1, -0.05) is 0 Å². The molecule has 3 unspecified atom stereocenters. The number of hydrogen-bond donors (Lipinski definition) is 2. The van der Waals surface area contributed by atoms with Crippen molar-refractivity contribution in [2.75, 3.05) is 11.4 Å². The number of carboxylic acids is 1. The van der Waals surface area contributed by atoms with E-state index in [1.54, 1.807) is 4.90 Å². The Morgan fingerprint density at radius 3 is 2.53 bits per heavy atom. The number of fused-ring (bicyclic) bond motifs is 2. The van der Waals surface area contributed by atoms with Crippen LogP contribution in [0.4, 0.5) is 18.9 Å². The lowest BCUT2D eigenvalue weighted by atomic mass is 9.78. The van der Waals surface area contributed by atoms with Crippen LogP contribution < -0.4 is 20.8 Å². The van der Waals surface area contributed by atoms with Gasteiger partial charge in [-0.25, -0.2) is 9.18 Å². The topological polar surface area (TPSA) is 97.8 Å². The zero-order valence-corrected chi connectivity index (χ0v) is 15.9. The number of carboxylic acid groups (broad SMARTS) is 1. The number of aromatic carboxylic acids is 1. The van der Waals surface area contributed by atoms with Gasteiger partial charge in [0.2, 0.25) is 5.43 Å². The minimum atomic E-state index is -3.25. The number of rotatable bonds is 5. The Hall–Kier alpha value is -2.75. The highest BCUT2D eigenvalue weighted by Crippen LogP contribution is 2.49. The molecule has 2 aromatic rings. The summed E-state index contributed by atoms with van der Waals surface area (Å²) in [7, 11) is 0. The van der Waals surface area contributed by atoms with Gasteiger partial charge in [-0.15, -0.1) is 0 Å². The number of nitrogens with zero attached hydrogens (tertiary/aromatic N) is 2. The molecule has 7 nitrogen and oxygen atoms in total. The fourth-order valence-corrected chi connectivity index (χ4v) is 4.85. The average Bonchev–Trinajstić information content (AvgIpc) is 3.42. The van der Waals surface area contributed by atoms with E-state index in [2.05, 4.69) is 0 Å². The summed E-state index contributed by atoms with van der Waals surface area (Å²) in [5, 5.41) is 9.10. The van der Waals surface area contributed by atoms with Gasteiger partial charge in [-0.3, -0.25) is 4.79 Å². The molecule has 1 aliphatic heterocycles. The van der Waals surface area contributed by atoms with E-state index >= 15 is 4.39 Å². The van der Waals surface area contributed by atoms with E-state index in [1.807, 2.05) is 0 Å². The predicted octanol–water partition coefficient (Wildman–Crippen LogP) is 2.70. The number of nitrogens with two attached hydrogens (primary N) is 1. The molecule has 3 N–H and O–H groups in total. The third-order valence-electron chi connectivity index (χ3n) is 6.51. The van der Waals surface area contributed by atoms with E-state index < -0.39 is 35.1 Å². The summed E-state index contributed by atoms with van der Waals surface area (Å²) < 4.78 is 48.4. The molecule has 2 aliphatic carbocycles. The van der Waals surface area contributed by atoms with E-state index in [9.17, 15) is 23.5 Å². The number of pyridine rings is 1. The SMILES string of the molecule is NC1CN(c2c(F)cc3c(=O)c(C(=O)O)cn(C4CC4)c3c2OC(F)F)C2CCC12. The Balaban J connectivity index is 1.82. The molecule has 30 heavy (non-hydrogen) atoms. The van der Waals surface area contributed by atoms with Crippen molar-refractivity contribution in [2.45, 2.75) is 50.4 Å². The van der Waals surface area contributed by atoms with Gasteiger partial charge in [-0.2, -0.15) is 8.78 Å². The van der Waals surface area contributed by atoms with Gasteiger partial charge in [0, 0.05) is 30.9 Å². The minimum Gasteiger partial charge on any atom is -0.477 e. The smallest absolute Gasteiger partial charge is 0.387 e. The second-order valence-corrected chi connectivity index (χ2v) is 8.25. The maximum absolute atomic E-state index is 15.3. The second-order valence-electron chi connectivity index (χ2n) is 8.25. The van der Waals surface area contributed by atoms with Gasteiger partial charge in [0.25, 0.3) is 0 Å². The first-order chi connectivity index (χ1) is 14.3. The summed E-state index contributed by atoms with van der Waals surface area (Å²) in [4.78, 5) is 25.9. The van der Waals surface area contributed by atoms with E-state index in [0.717, 1.165) is 25.1 Å². The molecule has 3 fully saturated rings. The molecule has 3 atom stereocenters. The average molecular weight is 423 g/mol. The third kappa shape index (κ3) is 2.77. The standard InChI is InChI=1S/C20H20F3N3O4/c21-12-5-10-15(25(8-1-2-8)6-11(17(10)27)19(28)29)18(30-20(22)23)16(12)26-7-13(24)9-3-4-14(9)26/h5-6,8-9,13-14,20H,1-4,7,24H2,(H,28,29). The van der Waals surface area contributed by atoms with E-state index in [0.29, 0.717) is 12.8 Å². The Morgan fingerprint density at radius 1 is 1.27 bits per heavy atom. The molecule has 3 aliphatic rings. The molecule has 0 bridgehead atoms. The summed E-state index contributed by atoms with van der Waals surface area (Å²) in [5.41, 5.74) is 4.55. The molecular weight excluding hydrogens is 403 g/mol. The summed E-state index contributed by atoms with van der Waals surface area (Å²) in [6.45, 7) is -2.96. The van der Waals surface area contributed by atoms with Gasteiger partial charge in [-0.05, 0) is 37.7 Å². The van der Waals surface area contributed by atoms with Crippen molar-refractivity contribution in [3.05, 3.63) is 33.9 Å². The van der Waals surface area contributed by atoms with Crippen molar-refractivity contribution in [1.82, 2.24) is 4.57 Å². The Bertz CT molecular complexity index is 1110. The van der Waals surface area contributed by atoms with Crippen molar-refractivity contribution in [1.29, 1.82) is 0 Å². The highest BCUT2D eigenvalue weighted by molar-refractivity contribution is 5.97. The third-order valence-corrected chi connectivity index (χ3v) is 6.51. The number of hydrogen-bond acceptors (Lipinski definition) is 5. The van der Waals surface area contributed by atoms with Gasteiger partial charge in [0.05, 0.1) is 10.9 Å². The van der Waals surface area contributed by atoms with Crippen LogP contribution in [-0.4, -0.2) is 40.9 Å². The molecule has 1 aromatic carbocycles. The van der Waals surface area contributed by atoms with Crippen LogP contribution in [0.5, 0.6) is 5.75 Å². The molecule has 2 saturated carbocycles. The molecule has 1 aromatic heterocycles. The number of anilines is 1. The molecule has 0 spiro atoms. The van der Waals surface area contributed by atoms with Crippen LogP contribution in [0.2, 0.25) is 0 Å². The van der Waals surface area contributed by atoms with Gasteiger partial charge in [0.1, 0.15) is 11.3 Å². The molecule has 160 valence electrons. The summed E-state index contributed by atoms with van der Waals surface area (Å²) in [6.07, 6.45) is 4.18. The zero-order chi connectivity index (χ0) is 21.3. The van der Waals surface area contributed by atoms with E-state index in [1.165, 1.54) is 4.57 Å². The Labute approximate surface area is 168 Å². The molecule has 0 radical (unpaired) electrons. The van der Waals surface area contributed by atoms with Crippen LogP contribution in [0.3, 0.4) is 0 Å². The molecule has 1 saturated heterocycles. The Kier molecular flexibility index (Phi) is 4.25. The molecule has 5 rings (SSSR count). The fraction of sp³-hybridized carbons (Fsp3) is 0.500. The van der Waals surface area contributed by atoms with Crippen molar-refractivity contribution < 1.29 is 27.8 Å². The number of aromatic nitrogens is 1. The lowest BCUT2D eigenvalue weighted by Crippen LogP contribution is -2.42. The zero-order valence-electron chi connectivity index (χ0n) is 15.9. The number of alkyl halides is 2. The van der Waals surface area contributed by atoms with Gasteiger partial charge >= 0.3 is 12.6 Å². The second kappa shape index (κ2) is 6.63. The van der Waals surface area contributed by atoms with Gasteiger partial charge in [0.15, 0.2) is 11.6 Å². The monoisotopic (exact) mass is 423 g/mol. The number of carbonyl (C=O) groups is 1. The normalized spacial score (nSPS) is 25.5. The van der Waals surface area contributed by atoms with Crippen molar-refractivity contribution in [3.8, 4) is 5.75 Å². The first-order valence-corrected chi connectivity index (χ1v) is 9.89. The van der Waals surface area contributed by atoms with Crippen LogP contribution in [0, 0.1) is 11.7 Å². The van der Waals surface area contributed by atoms with Crippen LogP contribution >= 0.6 is 0 Å². The summed E-state index contributed by atoms with van der Waals surface area (Å²) in [6, 6.07) is 0.486. The lowest BCUT2D eigenvalue weighted by molar-refractivity contribution is -0.0489. The molecular formula is C20H20F3N3O4. The maximum atomic E-state index is 15.3. The van der Waals surface area contributed by atoms with Crippen molar-refractivity contribution in [3.63, 3.8) is 0 Å². The van der Waals surface area contributed by atoms with Crippen LogP contribution in [0.15, 0.2) is 17.1 Å². The highest BCUT2D eigenvalue weighted by atomic mass is 19.3. The maximum Gasteiger partial charge on any atom is 0.387 e. The first-order valence-electron chi connectivity index (χ1n) is 9.89. The van der Waals surface area contributed by atoms with Crippen LogP contribution in [0.25, 0.3) is 10.9 Å². The molecule has 2 heterocycles. The molecule has 10 heteroatoms. The van der Waals surface area contributed by atoms with E-state index in [4.69, 9.17) is 10.5 Å². The summed E-state index contributed by atoms with van der Waals surface area (Å²) in [5.74, 6) is -2.64. The van der Waals surface area contributed by atoms with Crippen molar-refractivity contribution in [2.24, 2.45) is 11.7 Å². The number of benzene rings is 1. The number of halogens is 3. The molecule has 0 amide bonds. The Morgan fingerprint density at radius 2 is 2.00 bits per heavy atom. The van der Waals surface area contributed by atoms with Crippen LogP contribution in [-0.2, 0) is 0 Å². The highest BCUT2D eigenvalue weighted by Gasteiger charge is 2.48. The van der Waals surface area contributed by atoms with Crippen LogP contribution in [0.1, 0.15) is 42.1 Å². The first kappa shape index (κ1) is 19.2. The number of ether oxygens (including phenoxy) is 1.